The van der Waals surface area contributed by atoms with Gasteiger partial charge < -0.3 is 40.7 Å². The molecule has 0 bridgehead atoms. The molecule has 358 valence electrons. The Morgan fingerprint density at radius 2 is 0.969 bits per heavy atom. The molecular weight excluding hydrogens is 836 g/mol. The molecule has 0 saturated carbocycles. The molecule has 3 aliphatic heterocycles. The number of carbonyl (C=O) groups is 4. The summed E-state index contributed by atoms with van der Waals surface area (Å²) in [4.78, 5) is 54.4. The fourth-order valence-electron chi connectivity index (χ4n) is 8.13. The van der Waals surface area contributed by atoms with Gasteiger partial charge in [0.05, 0.1) is 23.3 Å². The molecule has 3 fully saturated rings. The van der Waals surface area contributed by atoms with E-state index in [0.717, 1.165) is 64.6 Å². The van der Waals surface area contributed by atoms with Crippen molar-refractivity contribution >= 4 is 29.3 Å². The third-order valence-electron chi connectivity index (χ3n) is 11.5. The van der Waals surface area contributed by atoms with Crippen molar-refractivity contribution in [2.45, 2.75) is 97.1 Å². The monoisotopic (exact) mass is 908 g/mol. The molecule has 0 radical (unpaired) electrons. The molecule has 3 aliphatic rings. The summed E-state index contributed by atoms with van der Waals surface area (Å²) in [5.74, 6) is -0.222. The van der Waals surface area contributed by atoms with Gasteiger partial charge in [-0.15, -0.1) is 0 Å². The first-order chi connectivity index (χ1) is 31.4. The molecule has 15 heteroatoms. The van der Waals surface area contributed by atoms with Gasteiger partial charge in [0.1, 0.15) is 5.75 Å². The number of anilines is 1. The number of halogens is 3. The average Bonchev–Trinajstić information content (AvgIpc) is 3.32. The van der Waals surface area contributed by atoms with E-state index in [1.165, 1.54) is 109 Å². The maximum Gasteiger partial charge on any atom is 0.417 e. The number of hydrogen-bond donors (Lipinski definition) is 4. The van der Waals surface area contributed by atoms with Crippen LogP contribution in [0, 0.1) is 0 Å². The maximum absolute atomic E-state index is 12.9. The third kappa shape index (κ3) is 20.4. The summed E-state index contributed by atoms with van der Waals surface area (Å²) in [6, 6.07) is 19.2. The Hall–Kier alpha value is -4.99. The van der Waals surface area contributed by atoms with Gasteiger partial charge in [-0.2, -0.15) is 13.2 Å². The molecular formula is C50H72F3N7O5. The molecule has 4 amide bonds. The molecule has 0 atom stereocenters. The zero-order chi connectivity index (χ0) is 46.7. The van der Waals surface area contributed by atoms with Crippen LogP contribution in [0.1, 0.15) is 128 Å². The van der Waals surface area contributed by atoms with Crippen LogP contribution in [0.2, 0.25) is 0 Å². The highest BCUT2D eigenvalue weighted by Gasteiger charge is 2.34. The van der Waals surface area contributed by atoms with Gasteiger partial charge in [-0.1, -0.05) is 43.5 Å². The number of rotatable bonds is 18. The fraction of sp³-hybridized carbons (Fsp3) is 0.560. The molecule has 4 N–H and O–H groups in total. The molecule has 12 nitrogen and oxygen atoms in total. The summed E-state index contributed by atoms with van der Waals surface area (Å²) in [5.41, 5.74) is 0.745. The average molecular weight is 908 g/mol. The van der Waals surface area contributed by atoms with Crippen molar-refractivity contribution in [1.82, 2.24) is 30.7 Å². The normalized spacial score (nSPS) is 15.8. The molecule has 3 saturated heterocycles. The van der Waals surface area contributed by atoms with Crippen molar-refractivity contribution in [3.63, 3.8) is 0 Å². The number of nitrogens with one attached hydrogen (secondary N) is 4. The standard InChI is InChI=1S/C17H25N3O2.C17H26N2O2.C16H21F3N2O/c1-14(21)19-16-8-6-15(7-9-16)17(22)18-10-5-13-20-11-3-2-4-12-20;1-2-21-16-10-5-4-9-15(16)17(20)18-11-8-14-19-12-6-3-7-13-19;17-16(18,19)14-8-3-2-7-13(14)15(22)20-9-6-12-21-10-4-1-5-11-21/h6-9H,2-5,10-13H2,1H3,(H,18,22)(H,19,21);4-5,9-10H,2-3,6-8,11-14H2,1H3,(H,18,20);2-3,7-8H,1,4-6,9-12H2,(H,20,22). The van der Waals surface area contributed by atoms with Crippen molar-refractivity contribution in [3.8, 4) is 5.75 Å². The first-order valence-corrected chi connectivity index (χ1v) is 23.7. The van der Waals surface area contributed by atoms with Crippen LogP contribution in [0.15, 0.2) is 72.8 Å². The van der Waals surface area contributed by atoms with Gasteiger partial charge in [-0.25, -0.2) is 0 Å². The summed E-state index contributed by atoms with van der Waals surface area (Å²) < 4.78 is 44.1. The second-order valence-electron chi connectivity index (χ2n) is 16.8. The zero-order valence-electron chi connectivity index (χ0n) is 38.6. The lowest BCUT2D eigenvalue weighted by Gasteiger charge is -2.26. The van der Waals surface area contributed by atoms with E-state index in [0.29, 0.717) is 42.3 Å². The molecule has 0 unspecified atom stereocenters. The number of nitrogens with zero attached hydrogens (tertiary/aromatic N) is 3. The van der Waals surface area contributed by atoms with Crippen molar-refractivity contribution in [3.05, 3.63) is 95.1 Å². The summed E-state index contributed by atoms with van der Waals surface area (Å²) >= 11 is 0. The largest absolute Gasteiger partial charge is 0.493 e. The highest BCUT2D eigenvalue weighted by atomic mass is 19.4. The van der Waals surface area contributed by atoms with Gasteiger partial charge in [-0.05, 0) is 172 Å². The summed E-state index contributed by atoms with van der Waals surface area (Å²) in [6.45, 7) is 15.7. The van der Waals surface area contributed by atoms with E-state index in [2.05, 4.69) is 36.0 Å². The Morgan fingerprint density at radius 3 is 1.42 bits per heavy atom. The fourth-order valence-corrected chi connectivity index (χ4v) is 8.13. The van der Waals surface area contributed by atoms with Crippen molar-refractivity contribution in [2.24, 2.45) is 0 Å². The Balaban J connectivity index is 0.000000213. The van der Waals surface area contributed by atoms with Crippen LogP contribution in [0.5, 0.6) is 5.75 Å². The van der Waals surface area contributed by atoms with E-state index in [9.17, 15) is 32.3 Å². The van der Waals surface area contributed by atoms with E-state index < -0.39 is 17.6 Å². The smallest absolute Gasteiger partial charge is 0.417 e. The minimum absolute atomic E-state index is 0.0438. The molecule has 3 aromatic carbocycles. The number of ether oxygens (including phenoxy) is 1. The van der Waals surface area contributed by atoms with Gasteiger partial charge in [0, 0.05) is 37.8 Å². The van der Waals surface area contributed by atoms with Crippen molar-refractivity contribution in [1.29, 1.82) is 0 Å². The molecule has 65 heavy (non-hydrogen) atoms. The van der Waals surface area contributed by atoms with Crippen LogP contribution in [0.4, 0.5) is 18.9 Å². The Labute approximate surface area is 384 Å². The molecule has 3 heterocycles. The third-order valence-corrected chi connectivity index (χ3v) is 11.5. The van der Waals surface area contributed by atoms with Crippen LogP contribution >= 0.6 is 0 Å². The molecule has 6 rings (SSSR count). The number of benzene rings is 3. The minimum atomic E-state index is -4.51. The lowest BCUT2D eigenvalue weighted by atomic mass is 10.1. The van der Waals surface area contributed by atoms with E-state index in [1.807, 2.05) is 31.2 Å². The minimum Gasteiger partial charge on any atom is -0.493 e. The van der Waals surface area contributed by atoms with E-state index >= 15 is 0 Å². The van der Waals surface area contributed by atoms with Gasteiger partial charge in [0.15, 0.2) is 0 Å². The lowest BCUT2D eigenvalue weighted by molar-refractivity contribution is -0.138. The number of carbonyl (C=O) groups excluding carboxylic acids is 4. The number of alkyl halides is 3. The summed E-state index contributed by atoms with van der Waals surface area (Å²) in [6.07, 6.45) is 9.82. The van der Waals surface area contributed by atoms with Crippen LogP contribution in [-0.2, 0) is 11.0 Å². The quantitative estimate of drug-likeness (QED) is 0.0939. The highest BCUT2D eigenvalue weighted by molar-refractivity contribution is 5.97. The maximum atomic E-state index is 12.9. The van der Waals surface area contributed by atoms with Gasteiger partial charge >= 0.3 is 6.18 Å². The number of likely N-dealkylation sites (tertiary alicyclic amines) is 3. The molecule has 0 aromatic heterocycles. The predicted molar refractivity (Wildman–Crippen MR) is 252 cm³/mol. The molecule has 0 aliphatic carbocycles. The van der Waals surface area contributed by atoms with E-state index in [4.69, 9.17) is 4.74 Å². The SMILES string of the molecule is CC(=O)Nc1ccc(C(=O)NCCCN2CCCCC2)cc1.CCOc1ccccc1C(=O)NCCCN1CCCCC1.O=C(NCCCN1CCCCC1)c1ccccc1C(F)(F)F. The predicted octanol–water partition coefficient (Wildman–Crippen LogP) is 8.25. The van der Waals surface area contributed by atoms with Gasteiger partial charge in [-0.3, -0.25) is 19.2 Å². The number of para-hydroxylation sites is 1. The Morgan fingerprint density at radius 1 is 0.554 bits per heavy atom. The zero-order valence-corrected chi connectivity index (χ0v) is 38.6. The summed E-state index contributed by atoms with van der Waals surface area (Å²) in [5, 5.41) is 11.2. The second-order valence-corrected chi connectivity index (χ2v) is 16.8. The summed E-state index contributed by atoms with van der Waals surface area (Å²) in [7, 11) is 0. The van der Waals surface area contributed by atoms with Gasteiger partial charge in [0.2, 0.25) is 5.91 Å². The van der Waals surface area contributed by atoms with E-state index in [1.54, 1.807) is 24.3 Å². The first kappa shape index (κ1) is 52.6. The van der Waals surface area contributed by atoms with Crippen LogP contribution in [-0.4, -0.2) is 123 Å². The first-order valence-electron chi connectivity index (χ1n) is 23.7. The van der Waals surface area contributed by atoms with Crippen LogP contribution in [0.3, 0.4) is 0 Å². The lowest BCUT2D eigenvalue weighted by Crippen LogP contribution is -2.33. The van der Waals surface area contributed by atoms with Crippen molar-refractivity contribution in [2.75, 3.05) is 90.5 Å². The molecule has 0 spiro atoms. The number of amides is 4. The van der Waals surface area contributed by atoms with Crippen molar-refractivity contribution < 1.29 is 37.1 Å². The topological polar surface area (TPSA) is 135 Å². The number of piperidine rings is 3. The van der Waals surface area contributed by atoms with Crippen LogP contribution < -0.4 is 26.0 Å². The highest BCUT2D eigenvalue weighted by Crippen LogP contribution is 2.31. The van der Waals surface area contributed by atoms with E-state index in [-0.39, 0.29) is 23.3 Å². The van der Waals surface area contributed by atoms with Crippen LogP contribution in [0.25, 0.3) is 0 Å². The number of hydrogen-bond acceptors (Lipinski definition) is 8. The molecule has 3 aromatic rings. The second kappa shape index (κ2) is 29.5. The Bertz CT molecular complexity index is 1860. The Kier molecular flexibility index (Phi) is 23.9. The van der Waals surface area contributed by atoms with Gasteiger partial charge in [0.25, 0.3) is 17.7 Å².